The number of nitrogens with one attached hydrogen (secondary N) is 1. The highest BCUT2D eigenvalue weighted by Crippen LogP contribution is 2.34. The van der Waals surface area contributed by atoms with Crippen LogP contribution < -0.4 is 10.2 Å². The summed E-state index contributed by atoms with van der Waals surface area (Å²) in [6, 6.07) is 0. The molecule has 0 spiro atoms. The molecule has 1 saturated heterocycles. The molecule has 1 aliphatic heterocycles. The minimum absolute atomic E-state index is 0.127. The molecule has 1 N–H and O–H groups in total. The maximum Gasteiger partial charge on any atom is 0.185 e. The van der Waals surface area contributed by atoms with Gasteiger partial charge in [-0.25, -0.2) is 4.98 Å². The van der Waals surface area contributed by atoms with E-state index in [4.69, 9.17) is 4.98 Å². The Bertz CT molecular complexity index is 426. The summed E-state index contributed by atoms with van der Waals surface area (Å²) < 4.78 is 0. The van der Waals surface area contributed by atoms with E-state index < -0.39 is 0 Å². The van der Waals surface area contributed by atoms with Crippen LogP contribution in [0.5, 0.6) is 0 Å². The summed E-state index contributed by atoms with van der Waals surface area (Å²) in [6.07, 6.45) is 6.78. The van der Waals surface area contributed by atoms with Crippen LogP contribution in [-0.4, -0.2) is 24.6 Å². The summed E-state index contributed by atoms with van der Waals surface area (Å²) in [6.45, 7) is 13.3. The van der Waals surface area contributed by atoms with Crippen LogP contribution in [-0.2, 0) is 12.0 Å². The Labute approximate surface area is 134 Å². The Kier molecular flexibility index (Phi) is 6.06. The van der Waals surface area contributed by atoms with Crippen molar-refractivity contribution < 1.29 is 0 Å². The molecule has 1 fully saturated rings. The molecule has 1 aromatic heterocycles. The van der Waals surface area contributed by atoms with Gasteiger partial charge < -0.3 is 10.2 Å². The quantitative estimate of drug-likeness (QED) is 0.897. The molecule has 0 aromatic carbocycles. The first-order valence-electron chi connectivity index (χ1n) is 8.48. The first-order chi connectivity index (χ1) is 10.0. The van der Waals surface area contributed by atoms with Crippen molar-refractivity contribution >= 4 is 16.5 Å². The fraction of sp³-hybridized carbons (Fsp3) is 0.824. The third kappa shape index (κ3) is 4.68. The predicted octanol–water partition coefficient (Wildman–Crippen LogP) is 4.32. The van der Waals surface area contributed by atoms with Crippen LogP contribution in [0.25, 0.3) is 0 Å². The number of hydrogen-bond acceptors (Lipinski definition) is 4. The van der Waals surface area contributed by atoms with Crippen LogP contribution in [0.4, 0.5) is 5.13 Å². The second-order valence-electron chi connectivity index (χ2n) is 7.05. The molecule has 0 unspecified atom stereocenters. The zero-order chi connectivity index (χ0) is 15.3. The van der Waals surface area contributed by atoms with Crippen LogP contribution in [0.1, 0.15) is 70.4 Å². The van der Waals surface area contributed by atoms with E-state index >= 15 is 0 Å². The van der Waals surface area contributed by atoms with E-state index in [1.54, 1.807) is 0 Å². The number of hydrogen-bond donors (Lipinski definition) is 1. The number of aromatic nitrogens is 1. The first-order valence-corrected chi connectivity index (χ1v) is 9.30. The lowest BCUT2D eigenvalue weighted by molar-refractivity contribution is 0.547. The number of rotatable bonds is 4. The highest BCUT2D eigenvalue weighted by molar-refractivity contribution is 7.15. The molecule has 0 bridgehead atoms. The van der Waals surface area contributed by atoms with Gasteiger partial charge >= 0.3 is 0 Å². The standard InChI is InChI=1S/C17H31N3S/c1-5-18-13-14-15(17(2,3)4)19-16(21-14)20-11-9-7-6-8-10-12-20/h18H,5-13H2,1-4H3. The predicted molar refractivity (Wildman–Crippen MR) is 93.5 cm³/mol. The van der Waals surface area contributed by atoms with Gasteiger partial charge in [0.2, 0.25) is 0 Å². The number of thiazole rings is 1. The van der Waals surface area contributed by atoms with Crippen LogP contribution in [0.2, 0.25) is 0 Å². The van der Waals surface area contributed by atoms with Crippen molar-refractivity contribution in [1.82, 2.24) is 10.3 Å². The Hall–Kier alpha value is -0.610. The van der Waals surface area contributed by atoms with Gasteiger partial charge in [-0.15, -0.1) is 11.3 Å². The summed E-state index contributed by atoms with van der Waals surface area (Å²) in [5, 5.41) is 4.71. The third-order valence-corrected chi connectivity index (χ3v) is 5.17. The number of nitrogens with zero attached hydrogens (tertiary/aromatic N) is 2. The van der Waals surface area contributed by atoms with Gasteiger partial charge in [0.15, 0.2) is 5.13 Å². The minimum atomic E-state index is 0.127. The van der Waals surface area contributed by atoms with Crippen LogP contribution in [0.3, 0.4) is 0 Å². The van der Waals surface area contributed by atoms with Crippen molar-refractivity contribution in [3.05, 3.63) is 10.6 Å². The molecule has 0 radical (unpaired) electrons. The summed E-state index contributed by atoms with van der Waals surface area (Å²) in [5.74, 6) is 0. The van der Waals surface area contributed by atoms with E-state index in [2.05, 4.69) is 37.9 Å². The molecule has 0 amide bonds. The van der Waals surface area contributed by atoms with Gasteiger partial charge in [-0.1, -0.05) is 47.0 Å². The SMILES string of the molecule is CCNCc1sc(N2CCCCCCC2)nc1C(C)(C)C. The first kappa shape index (κ1) is 16.8. The highest BCUT2D eigenvalue weighted by Gasteiger charge is 2.25. The van der Waals surface area contributed by atoms with Gasteiger partial charge in [0.1, 0.15) is 0 Å². The van der Waals surface area contributed by atoms with E-state index in [1.165, 1.54) is 60.9 Å². The van der Waals surface area contributed by atoms with Gasteiger partial charge in [-0.3, -0.25) is 0 Å². The van der Waals surface area contributed by atoms with Crippen molar-refractivity contribution in [2.45, 2.75) is 71.8 Å². The van der Waals surface area contributed by atoms with Crippen molar-refractivity contribution in [3.63, 3.8) is 0 Å². The molecule has 2 heterocycles. The smallest absolute Gasteiger partial charge is 0.185 e. The molecule has 0 saturated carbocycles. The molecular formula is C17H31N3S. The lowest BCUT2D eigenvalue weighted by Gasteiger charge is -2.24. The van der Waals surface area contributed by atoms with Crippen molar-refractivity contribution in [3.8, 4) is 0 Å². The van der Waals surface area contributed by atoms with E-state index in [1.807, 2.05) is 11.3 Å². The monoisotopic (exact) mass is 309 g/mol. The Morgan fingerprint density at radius 3 is 2.29 bits per heavy atom. The molecule has 3 nitrogen and oxygen atoms in total. The third-order valence-electron chi connectivity index (χ3n) is 4.06. The van der Waals surface area contributed by atoms with Crippen molar-refractivity contribution in [1.29, 1.82) is 0 Å². The molecule has 1 aliphatic rings. The Morgan fingerprint density at radius 2 is 1.71 bits per heavy atom. The maximum atomic E-state index is 5.03. The largest absolute Gasteiger partial charge is 0.348 e. The molecule has 21 heavy (non-hydrogen) atoms. The summed E-state index contributed by atoms with van der Waals surface area (Å²) in [7, 11) is 0. The van der Waals surface area contributed by atoms with E-state index in [-0.39, 0.29) is 5.41 Å². The fourth-order valence-electron chi connectivity index (χ4n) is 2.86. The van der Waals surface area contributed by atoms with Gasteiger partial charge in [0, 0.05) is 29.9 Å². The molecule has 2 rings (SSSR count). The van der Waals surface area contributed by atoms with Crippen LogP contribution >= 0.6 is 11.3 Å². The lowest BCUT2D eigenvalue weighted by Crippen LogP contribution is -2.27. The molecular weight excluding hydrogens is 278 g/mol. The van der Waals surface area contributed by atoms with Crippen molar-refractivity contribution in [2.24, 2.45) is 0 Å². The maximum absolute atomic E-state index is 5.03. The average molecular weight is 310 g/mol. The number of anilines is 1. The normalized spacial score (nSPS) is 17.6. The summed E-state index contributed by atoms with van der Waals surface area (Å²) in [5.41, 5.74) is 1.41. The summed E-state index contributed by atoms with van der Waals surface area (Å²) >= 11 is 1.90. The van der Waals surface area contributed by atoms with Crippen LogP contribution in [0.15, 0.2) is 0 Å². The van der Waals surface area contributed by atoms with E-state index in [0.29, 0.717) is 0 Å². The molecule has 120 valence electrons. The second-order valence-corrected chi connectivity index (χ2v) is 8.12. The Morgan fingerprint density at radius 1 is 1.10 bits per heavy atom. The highest BCUT2D eigenvalue weighted by atomic mass is 32.1. The fourth-order valence-corrected chi connectivity index (χ4v) is 4.15. The molecule has 4 heteroatoms. The topological polar surface area (TPSA) is 28.2 Å². The summed E-state index contributed by atoms with van der Waals surface area (Å²) in [4.78, 5) is 8.98. The zero-order valence-corrected chi connectivity index (χ0v) is 15.0. The lowest BCUT2D eigenvalue weighted by atomic mass is 9.91. The van der Waals surface area contributed by atoms with Crippen LogP contribution in [0, 0.1) is 0 Å². The van der Waals surface area contributed by atoms with E-state index in [9.17, 15) is 0 Å². The van der Waals surface area contributed by atoms with Gasteiger partial charge in [-0.05, 0) is 19.4 Å². The molecule has 0 aliphatic carbocycles. The minimum Gasteiger partial charge on any atom is -0.348 e. The average Bonchev–Trinajstić information content (AvgIpc) is 2.80. The van der Waals surface area contributed by atoms with Gasteiger partial charge in [0.05, 0.1) is 5.69 Å². The van der Waals surface area contributed by atoms with Crippen molar-refractivity contribution in [2.75, 3.05) is 24.5 Å². The molecule has 1 aromatic rings. The second kappa shape index (κ2) is 7.59. The molecule has 0 atom stereocenters. The van der Waals surface area contributed by atoms with Gasteiger partial charge in [-0.2, -0.15) is 0 Å². The van der Waals surface area contributed by atoms with E-state index in [0.717, 1.165) is 13.1 Å². The zero-order valence-electron chi connectivity index (χ0n) is 14.2. The van der Waals surface area contributed by atoms with Gasteiger partial charge in [0.25, 0.3) is 0 Å². The Balaban J connectivity index is 2.20.